The van der Waals surface area contributed by atoms with Crippen molar-refractivity contribution >= 4 is 11.6 Å². The Labute approximate surface area is 114 Å². The highest BCUT2D eigenvalue weighted by Gasteiger charge is 2.13. The van der Waals surface area contributed by atoms with Gasteiger partial charge in [0.25, 0.3) is 0 Å². The topological polar surface area (TPSA) is 45.0 Å². The number of nitriles is 1. The fraction of sp³-hybridized carbons (Fsp3) is 0.500. The zero-order chi connectivity index (χ0) is 13.4. The number of nitrogens with zero attached hydrogens (tertiary/aromatic N) is 1. The van der Waals surface area contributed by atoms with E-state index in [2.05, 4.69) is 18.3 Å². The van der Waals surface area contributed by atoms with Gasteiger partial charge in [-0.1, -0.05) is 37.6 Å². The molecule has 1 atom stereocenters. The van der Waals surface area contributed by atoms with Crippen LogP contribution in [0.2, 0.25) is 5.02 Å². The number of hydrogen-bond donors (Lipinski definition) is 1. The zero-order valence-electron chi connectivity index (χ0n) is 10.9. The van der Waals surface area contributed by atoms with Gasteiger partial charge in [-0.3, -0.25) is 0 Å². The van der Waals surface area contributed by atoms with E-state index in [9.17, 15) is 0 Å². The largest absolute Gasteiger partial charge is 0.474 e. The van der Waals surface area contributed by atoms with Crippen molar-refractivity contribution in [2.45, 2.75) is 39.3 Å². The molecule has 98 valence electrons. The maximum atomic E-state index is 8.95. The molecule has 1 rings (SSSR count). The van der Waals surface area contributed by atoms with E-state index in [0.29, 0.717) is 23.7 Å². The maximum absolute atomic E-state index is 8.95. The van der Waals surface area contributed by atoms with Crippen LogP contribution in [0.1, 0.15) is 32.3 Å². The quantitative estimate of drug-likeness (QED) is 0.768. The van der Waals surface area contributed by atoms with Crippen LogP contribution in [0.4, 0.5) is 0 Å². The molecule has 1 N–H and O–H groups in total. The van der Waals surface area contributed by atoms with Gasteiger partial charge in [0.15, 0.2) is 6.10 Å². The summed E-state index contributed by atoms with van der Waals surface area (Å²) in [7, 11) is 0. The highest BCUT2D eigenvalue weighted by molar-refractivity contribution is 6.32. The number of nitrogens with one attached hydrogen (secondary N) is 1. The Hall–Kier alpha value is -1.24. The number of hydrogen-bond acceptors (Lipinski definition) is 3. The van der Waals surface area contributed by atoms with Crippen molar-refractivity contribution < 1.29 is 4.74 Å². The second-order valence-corrected chi connectivity index (χ2v) is 4.46. The lowest BCUT2D eigenvalue weighted by Crippen LogP contribution is -2.17. The van der Waals surface area contributed by atoms with Crippen molar-refractivity contribution in [3.8, 4) is 11.8 Å². The highest BCUT2D eigenvalue weighted by Crippen LogP contribution is 2.29. The normalized spacial score (nSPS) is 11.9. The van der Waals surface area contributed by atoms with Crippen LogP contribution < -0.4 is 10.1 Å². The average Bonchev–Trinajstić information content (AvgIpc) is 2.38. The van der Waals surface area contributed by atoms with Gasteiger partial charge in [0.2, 0.25) is 0 Å². The van der Waals surface area contributed by atoms with Crippen LogP contribution in [0, 0.1) is 11.3 Å². The predicted octanol–water partition coefficient (Wildman–Crippen LogP) is 3.52. The molecule has 0 saturated carbocycles. The van der Waals surface area contributed by atoms with Gasteiger partial charge in [0.05, 0.1) is 5.02 Å². The molecular formula is C14H19ClN2O. The Morgan fingerprint density at radius 1 is 1.44 bits per heavy atom. The first kappa shape index (κ1) is 14.8. The molecule has 0 radical (unpaired) electrons. The monoisotopic (exact) mass is 266 g/mol. The third-order valence-electron chi connectivity index (χ3n) is 2.57. The van der Waals surface area contributed by atoms with Gasteiger partial charge in [-0.15, -0.1) is 0 Å². The van der Waals surface area contributed by atoms with Crippen LogP contribution in [-0.2, 0) is 6.54 Å². The van der Waals surface area contributed by atoms with E-state index in [4.69, 9.17) is 21.6 Å². The van der Waals surface area contributed by atoms with Crippen LogP contribution >= 0.6 is 11.6 Å². The van der Waals surface area contributed by atoms with Gasteiger partial charge < -0.3 is 10.1 Å². The summed E-state index contributed by atoms with van der Waals surface area (Å²) in [6.07, 6.45) is 1.27. The summed E-state index contributed by atoms with van der Waals surface area (Å²) in [5.74, 6) is 0.621. The van der Waals surface area contributed by atoms with Crippen LogP contribution in [0.15, 0.2) is 18.2 Å². The molecule has 0 spiro atoms. The maximum Gasteiger partial charge on any atom is 0.184 e. The number of halogens is 1. The molecule has 3 nitrogen and oxygen atoms in total. The van der Waals surface area contributed by atoms with Gasteiger partial charge >= 0.3 is 0 Å². The minimum Gasteiger partial charge on any atom is -0.474 e. The molecule has 4 heteroatoms. The smallest absolute Gasteiger partial charge is 0.184 e. The minimum atomic E-state index is -0.449. The van der Waals surface area contributed by atoms with E-state index in [1.807, 2.05) is 19.1 Å². The fourth-order valence-corrected chi connectivity index (χ4v) is 1.81. The number of benzene rings is 1. The van der Waals surface area contributed by atoms with Crippen LogP contribution in [-0.4, -0.2) is 12.6 Å². The van der Waals surface area contributed by atoms with E-state index < -0.39 is 6.10 Å². The Kier molecular flexibility index (Phi) is 6.56. The summed E-state index contributed by atoms with van der Waals surface area (Å²) >= 11 is 6.14. The van der Waals surface area contributed by atoms with Gasteiger partial charge in [-0.25, -0.2) is 0 Å². The molecule has 0 aliphatic heterocycles. The molecule has 0 aromatic heterocycles. The van der Waals surface area contributed by atoms with Crippen molar-refractivity contribution in [1.82, 2.24) is 5.32 Å². The molecule has 18 heavy (non-hydrogen) atoms. The molecule has 1 unspecified atom stereocenters. The lowest BCUT2D eigenvalue weighted by Gasteiger charge is -2.16. The summed E-state index contributed by atoms with van der Waals surface area (Å²) < 4.78 is 5.67. The molecule has 0 heterocycles. The Morgan fingerprint density at radius 2 is 2.22 bits per heavy atom. The first-order valence-electron chi connectivity index (χ1n) is 6.27. The number of ether oxygens (including phenoxy) is 1. The summed E-state index contributed by atoms with van der Waals surface area (Å²) in [6.45, 7) is 5.68. The highest BCUT2D eigenvalue weighted by atomic mass is 35.5. The molecule has 0 amide bonds. The lowest BCUT2D eigenvalue weighted by atomic mass is 10.2. The van der Waals surface area contributed by atoms with Gasteiger partial charge in [-0.05, 0) is 25.5 Å². The van der Waals surface area contributed by atoms with Gasteiger partial charge in [0, 0.05) is 12.1 Å². The first-order chi connectivity index (χ1) is 8.72. The lowest BCUT2D eigenvalue weighted by molar-refractivity contribution is 0.249. The molecule has 0 aliphatic carbocycles. The van der Waals surface area contributed by atoms with Crippen LogP contribution in [0.5, 0.6) is 5.75 Å². The molecular weight excluding hydrogens is 248 g/mol. The summed E-state index contributed by atoms with van der Waals surface area (Å²) in [5.41, 5.74) is 0.990. The summed E-state index contributed by atoms with van der Waals surface area (Å²) in [6, 6.07) is 7.76. The number of rotatable bonds is 7. The van der Waals surface area contributed by atoms with Crippen LogP contribution in [0.25, 0.3) is 0 Å². The second kappa shape index (κ2) is 7.97. The Morgan fingerprint density at radius 3 is 2.83 bits per heavy atom. The van der Waals surface area contributed by atoms with Crippen molar-refractivity contribution in [2.75, 3.05) is 6.54 Å². The second-order valence-electron chi connectivity index (χ2n) is 4.05. The minimum absolute atomic E-state index is 0.449. The molecule has 1 aromatic carbocycles. The Balaban J connectivity index is 2.83. The first-order valence-corrected chi connectivity index (χ1v) is 6.65. The summed E-state index contributed by atoms with van der Waals surface area (Å²) in [5, 5.41) is 12.8. The van der Waals surface area contributed by atoms with E-state index in [-0.39, 0.29) is 0 Å². The van der Waals surface area contributed by atoms with Crippen molar-refractivity contribution in [3.63, 3.8) is 0 Å². The predicted molar refractivity (Wildman–Crippen MR) is 73.8 cm³/mol. The van der Waals surface area contributed by atoms with E-state index in [1.165, 1.54) is 0 Å². The standard InChI is InChI=1S/C14H19ClN2O/c1-3-8-17-10-11-6-5-7-13(15)14(11)18-12(4-2)9-16/h5-7,12,17H,3-4,8,10H2,1-2H3. The molecule has 0 fully saturated rings. The van der Waals surface area contributed by atoms with Gasteiger partial charge in [-0.2, -0.15) is 5.26 Å². The molecule has 0 aliphatic rings. The molecule has 0 saturated heterocycles. The molecule has 0 bridgehead atoms. The van der Waals surface area contributed by atoms with Gasteiger partial charge in [0.1, 0.15) is 11.8 Å². The SMILES string of the molecule is CCCNCc1cccc(Cl)c1OC(C#N)CC. The summed E-state index contributed by atoms with van der Waals surface area (Å²) in [4.78, 5) is 0. The Bertz CT molecular complexity index is 415. The molecule has 1 aromatic rings. The van der Waals surface area contributed by atoms with Crippen molar-refractivity contribution in [3.05, 3.63) is 28.8 Å². The third-order valence-corrected chi connectivity index (χ3v) is 2.86. The van der Waals surface area contributed by atoms with E-state index >= 15 is 0 Å². The van der Waals surface area contributed by atoms with E-state index in [0.717, 1.165) is 18.5 Å². The fourth-order valence-electron chi connectivity index (χ4n) is 1.57. The third kappa shape index (κ3) is 4.21. The zero-order valence-corrected chi connectivity index (χ0v) is 11.6. The van der Waals surface area contributed by atoms with Crippen LogP contribution in [0.3, 0.4) is 0 Å². The van der Waals surface area contributed by atoms with E-state index in [1.54, 1.807) is 6.07 Å². The van der Waals surface area contributed by atoms with Crippen molar-refractivity contribution in [2.24, 2.45) is 0 Å². The average molecular weight is 267 g/mol. The van der Waals surface area contributed by atoms with Crippen molar-refractivity contribution in [1.29, 1.82) is 5.26 Å². The number of para-hydroxylation sites is 1.